The maximum atomic E-state index is 11.8. The highest BCUT2D eigenvalue weighted by molar-refractivity contribution is 5.94. The first-order valence-electron chi connectivity index (χ1n) is 6.56. The number of hydrogen-bond donors (Lipinski definition) is 1. The highest BCUT2D eigenvalue weighted by atomic mass is 16.4. The van der Waals surface area contributed by atoms with Gasteiger partial charge in [0.05, 0.1) is 5.56 Å². The zero-order chi connectivity index (χ0) is 15.6. The van der Waals surface area contributed by atoms with Gasteiger partial charge < -0.3 is 10.0 Å². The number of carbonyl (C=O) groups excluding carboxylic acids is 1. The largest absolute Gasteiger partial charge is 0.478 e. The van der Waals surface area contributed by atoms with Crippen LogP contribution in [0.15, 0.2) is 42.5 Å². The molecule has 0 spiro atoms. The average Bonchev–Trinajstić information content (AvgIpc) is 2.46. The van der Waals surface area contributed by atoms with Crippen molar-refractivity contribution in [1.82, 2.24) is 4.90 Å². The Hall–Kier alpha value is -2.62. The van der Waals surface area contributed by atoms with Gasteiger partial charge in [-0.1, -0.05) is 18.2 Å². The standard InChI is InChI=1S/C17H17NO3/c1-11-10-14(17(20)21)8-9-15(11)12-4-6-13(7-5-12)16(19)18(2)3/h4-10H,1-3H3,(H,20,21). The van der Waals surface area contributed by atoms with E-state index in [0.717, 1.165) is 16.7 Å². The first-order chi connectivity index (χ1) is 9.90. The van der Waals surface area contributed by atoms with Gasteiger partial charge >= 0.3 is 5.97 Å². The SMILES string of the molecule is Cc1cc(C(=O)O)ccc1-c1ccc(C(=O)N(C)C)cc1. The monoisotopic (exact) mass is 283 g/mol. The third-order valence-corrected chi connectivity index (χ3v) is 3.32. The average molecular weight is 283 g/mol. The first-order valence-corrected chi connectivity index (χ1v) is 6.56. The van der Waals surface area contributed by atoms with Gasteiger partial charge in [0, 0.05) is 19.7 Å². The molecule has 2 rings (SSSR count). The Morgan fingerprint density at radius 2 is 1.52 bits per heavy atom. The number of amides is 1. The summed E-state index contributed by atoms with van der Waals surface area (Å²) in [5.41, 5.74) is 3.71. The van der Waals surface area contributed by atoms with Crippen LogP contribution in [0.25, 0.3) is 11.1 Å². The number of carboxylic acids is 1. The second kappa shape index (κ2) is 5.79. The Bertz CT molecular complexity index is 688. The smallest absolute Gasteiger partial charge is 0.335 e. The van der Waals surface area contributed by atoms with Gasteiger partial charge in [0.2, 0.25) is 0 Å². The Morgan fingerprint density at radius 3 is 2.00 bits per heavy atom. The van der Waals surface area contributed by atoms with Gasteiger partial charge in [0.25, 0.3) is 5.91 Å². The molecular weight excluding hydrogens is 266 g/mol. The summed E-state index contributed by atoms with van der Waals surface area (Å²) in [6.45, 7) is 1.88. The zero-order valence-electron chi connectivity index (χ0n) is 12.3. The van der Waals surface area contributed by atoms with Crippen LogP contribution >= 0.6 is 0 Å². The van der Waals surface area contributed by atoms with E-state index in [4.69, 9.17) is 5.11 Å². The molecule has 0 aliphatic rings. The van der Waals surface area contributed by atoms with Crippen LogP contribution in [0, 0.1) is 6.92 Å². The fraction of sp³-hybridized carbons (Fsp3) is 0.176. The lowest BCUT2D eigenvalue weighted by Gasteiger charge is -2.11. The number of carbonyl (C=O) groups is 2. The van der Waals surface area contributed by atoms with Crippen LogP contribution in [-0.2, 0) is 0 Å². The third-order valence-electron chi connectivity index (χ3n) is 3.32. The molecule has 1 N–H and O–H groups in total. The van der Waals surface area contributed by atoms with E-state index >= 15 is 0 Å². The molecule has 0 atom stereocenters. The number of benzene rings is 2. The molecule has 21 heavy (non-hydrogen) atoms. The van der Waals surface area contributed by atoms with Crippen molar-refractivity contribution in [2.75, 3.05) is 14.1 Å². The highest BCUT2D eigenvalue weighted by Gasteiger charge is 2.10. The summed E-state index contributed by atoms with van der Waals surface area (Å²) in [6, 6.07) is 12.3. The molecule has 0 radical (unpaired) electrons. The molecule has 0 fully saturated rings. The molecule has 0 aromatic heterocycles. The van der Waals surface area contributed by atoms with E-state index in [0.29, 0.717) is 5.56 Å². The Morgan fingerprint density at radius 1 is 0.952 bits per heavy atom. The Balaban J connectivity index is 2.35. The van der Waals surface area contributed by atoms with Gasteiger partial charge in [-0.25, -0.2) is 4.79 Å². The van der Waals surface area contributed by atoms with Crippen molar-refractivity contribution in [2.45, 2.75) is 6.92 Å². The number of carboxylic acid groups (broad SMARTS) is 1. The predicted octanol–water partition coefficient (Wildman–Crippen LogP) is 3.06. The van der Waals surface area contributed by atoms with E-state index < -0.39 is 5.97 Å². The molecule has 0 aliphatic carbocycles. The van der Waals surface area contributed by atoms with Crippen LogP contribution in [0.3, 0.4) is 0 Å². The topological polar surface area (TPSA) is 57.6 Å². The minimum atomic E-state index is -0.934. The molecule has 0 saturated carbocycles. The van der Waals surface area contributed by atoms with Crippen LogP contribution in [-0.4, -0.2) is 36.0 Å². The number of hydrogen-bond acceptors (Lipinski definition) is 2. The fourth-order valence-corrected chi connectivity index (χ4v) is 2.17. The summed E-state index contributed by atoms with van der Waals surface area (Å²) < 4.78 is 0. The molecule has 0 aliphatic heterocycles. The predicted molar refractivity (Wildman–Crippen MR) is 81.6 cm³/mol. The molecule has 4 nitrogen and oxygen atoms in total. The quantitative estimate of drug-likeness (QED) is 0.941. The fourth-order valence-electron chi connectivity index (χ4n) is 2.17. The van der Waals surface area contributed by atoms with Crippen LogP contribution in [0.2, 0.25) is 0 Å². The molecule has 0 unspecified atom stereocenters. The maximum absolute atomic E-state index is 11.8. The van der Waals surface area contributed by atoms with E-state index in [9.17, 15) is 9.59 Å². The number of aromatic carboxylic acids is 1. The van der Waals surface area contributed by atoms with E-state index in [1.165, 1.54) is 4.90 Å². The van der Waals surface area contributed by atoms with E-state index in [2.05, 4.69) is 0 Å². The summed E-state index contributed by atoms with van der Waals surface area (Å²) in [4.78, 5) is 24.3. The maximum Gasteiger partial charge on any atom is 0.335 e. The summed E-state index contributed by atoms with van der Waals surface area (Å²) >= 11 is 0. The molecule has 4 heteroatoms. The number of aryl methyl sites for hydroxylation is 1. The minimum absolute atomic E-state index is 0.0421. The zero-order valence-corrected chi connectivity index (χ0v) is 12.3. The van der Waals surface area contributed by atoms with Crippen molar-refractivity contribution in [2.24, 2.45) is 0 Å². The summed E-state index contributed by atoms with van der Waals surface area (Å²) in [5, 5.41) is 8.98. The molecule has 1 amide bonds. The Labute approximate surface area is 123 Å². The first kappa shape index (κ1) is 14.8. The number of nitrogens with zero attached hydrogens (tertiary/aromatic N) is 1. The van der Waals surface area contributed by atoms with Gasteiger partial charge in [0.15, 0.2) is 0 Å². The van der Waals surface area contributed by atoms with Gasteiger partial charge in [0.1, 0.15) is 0 Å². The molecule has 0 saturated heterocycles. The van der Waals surface area contributed by atoms with Crippen molar-refractivity contribution >= 4 is 11.9 Å². The lowest BCUT2D eigenvalue weighted by atomic mass is 9.97. The van der Waals surface area contributed by atoms with Gasteiger partial charge in [-0.2, -0.15) is 0 Å². The molecule has 2 aromatic rings. The van der Waals surface area contributed by atoms with Crippen molar-refractivity contribution in [1.29, 1.82) is 0 Å². The summed E-state index contributed by atoms with van der Waals surface area (Å²) in [5.74, 6) is -0.976. The van der Waals surface area contributed by atoms with Crippen LogP contribution < -0.4 is 0 Å². The van der Waals surface area contributed by atoms with Gasteiger partial charge in [-0.3, -0.25) is 4.79 Å². The van der Waals surface area contributed by atoms with E-state index in [1.807, 2.05) is 19.1 Å². The van der Waals surface area contributed by atoms with Crippen LogP contribution in [0.1, 0.15) is 26.3 Å². The van der Waals surface area contributed by atoms with Crippen molar-refractivity contribution in [3.63, 3.8) is 0 Å². The minimum Gasteiger partial charge on any atom is -0.478 e. The molecule has 108 valence electrons. The van der Waals surface area contributed by atoms with Gasteiger partial charge in [-0.15, -0.1) is 0 Å². The van der Waals surface area contributed by atoms with Crippen molar-refractivity contribution in [3.05, 3.63) is 59.2 Å². The van der Waals surface area contributed by atoms with E-state index in [-0.39, 0.29) is 11.5 Å². The number of rotatable bonds is 3. The molecule has 0 bridgehead atoms. The van der Waals surface area contributed by atoms with Crippen molar-refractivity contribution in [3.8, 4) is 11.1 Å². The third kappa shape index (κ3) is 3.11. The summed E-state index contributed by atoms with van der Waals surface area (Å²) in [7, 11) is 3.43. The summed E-state index contributed by atoms with van der Waals surface area (Å²) in [6.07, 6.45) is 0. The Kier molecular flexibility index (Phi) is 4.08. The molecular formula is C17H17NO3. The lowest BCUT2D eigenvalue weighted by molar-refractivity contribution is 0.0696. The second-order valence-corrected chi connectivity index (χ2v) is 5.11. The van der Waals surface area contributed by atoms with Crippen molar-refractivity contribution < 1.29 is 14.7 Å². The normalized spacial score (nSPS) is 10.2. The molecule has 0 heterocycles. The van der Waals surface area contributed by atoms with Crippen LogP contribution in [0.5, 0.6) is 0 Å². The highest BCUT2D eigenvalue weighted by Crippen LogP contribution is 2.25. The second-order valence-electron chi connectivity index (χ2n) is 5.11. The lowest BCUT2D eigenvalue weighted by Crippen LogP contribution is -2.21. The van der Waals surface area contributed by atoms with Gasteiger partial charge in [-0.05, 0) is 47.9 Å². The van der Waals surface area contributed by atoms with Crippen LogP contribution in [0.4, 0.5) is 0 Å². The molecule has 2 aromatic carbocycles. The van der Waals surface area contributed by atoms with E-state index in [1.54, 1.807) is 44.4 Å².